The van der Waals surface area contributed by atoms with E-state index in [9.17, 15) is 18.0 Å². The summed E-state index contributed by atoms with van der Waals surface area (Å²) in [5.41, 5.74) is 1.68. The van der Waals surface area contributed by atoms with Gasteiger partial charge in [-0.3, -0.25) is 4.79 Å². The quantitative estimate of drug-likeness (QED) is 0.370. The maximum absolute atomic E-state index is 12.5. The van der Waals surface area contributed by atoms with Crippen LogP contribution in [0.25, 0.3) is 0 Å². The van der Waals surface area contributed by atoms with Crippen molar-refractivity contribution in [1.29, 1.82) is 0 Å². The molecule has 3 rings (SSSR count). The number of aliphatic carboxylic acids is 1. The number of carboxylic acid groups (broad SMARTS) is 1. The largest absolute Gasteiger partial charge is 0.490 e. The Balaban J connectivity index is 0.000000509. The summed E-state index contributed by atoms with van der Waals surface area (Å²) >= 11 is 6.85. The number of hydrogen-bond acceptors (Lipinski definition) is 6. The number of aromatic nitrogens is 2. The Morgan fingerprint density at radius 3 is 2.09 bits per heavy atom. The fraction of sp³-hybridized carbons (Fsp3) is 0.429. The molecule has 0 saturated heterocycles. The van der Waals surface area contributed by atoms with E-state index in [4.69, 9.17) is 9.90 Å². The van der Waals surface area contributed by atoms with E-state index in [0.717, 1.165) is 46.0 Å². The predicted octanol–water partition coefficient (Wildman–Crippen LogP) is 5.14. The first-order valence-corrected chi connectivity index (χ1v) is 11.8. The Bertz CT molecular complexity index is 995. The maximum Gasteiger partial charge on any atom is 0.490 e. The van der Waals surface area contributed by atoms with Gasteiger partial charge in [-0.1, -0.05) is 31.9 Å². The van der Waals surface area contributed by atoms with Crippen LogP contribution in [-0.4, -0.2) is 52.3 Å². The smallest absolute Gasteiger partial charge is 0.475 e. The van der Waals surface area contributed by atoms with Crippen LogP contribution in [0.15, 0.2) is 33.3 Å². The molecule has 0 atom stereocenters. The standard InChI is InChI=1S/C19H23Br2N5O.C2HF3O2/c1-11-10-23-19(26-17(11)22-2)25-16-5-3-15(4-6-16)24-18(27)12-7-13(20)9-14(21)8-12;3-2(4,5)1(6)7/h7-10,15-16H,3-6H2,1-2H3,(H,24,27)(H2,22,23,25,26);(H,6,7)/t15-,16+;. The Hall–Kier alpha value is -2.41. The second kappa shape index (κ2) is 12.3. The molecule has 0 unspecified atom stereocenters. The van der Waals surface area contributed by atoms with Crippen molar-refractivity contribution in [1.82, 2.24) is 15.3 Å². The third-order valence-electron chi connectivity index (χ3n) is 4.97. The molecule has 1 aliphatic rings. The van der Waals surface area contributed by atoms with Gasteiger partial charge in [0.25, 0.3) is 5.91 Å². The summed E-state index contributed by atoms with van der Waals surface area (Å²) in [6.45, 7) is 1.98. The number of carbonyl (C=O) groups is 2. The zero-order valence-electron chi connectivity index (χ0n) is 18.3. The summed E-state index contributed by atoms with van der Waals surface area (Å²) in [5.74, 6) is -1.30. The fourth-order valence-corrected chi connectivity index (χ4v) is 4.58. The SMILES string of the molecule is CNc1nc(N[C@H]2CC[C@@H](NC(=O)c3cc(Br)cc(Br)c3)CC2)ncc1C.O=C(O)C(F)(F)F. The predicted molar refractivity (Wildman–Crippen MR) is 129 cm³/mol. The van der Waals surface area contributed by atoms with E-state index in [0.29, 0.717) is 17.6 Å². The molecule has 0 spiro atoms. The van der Waals surface area contributed by atoms with Crippen LogP contribution in [-0.2, 0) is 4.79 Å². The lowest BCUT2D eigenvalue weighted by Gasteiger charge is -2.29. The minimum Gasteiger partial charge on any atom is -0.475 e. The summed E-state index contributed by atoms with van der Waals surface area (Å²) in [5, 5.41) is 16.8. The highest BCUT2D eigenvalue weighted by Crippen LogP contribution is 2.24. The topological polar surface area (TPSA) is 116 Å². The molecule has 0 bridgehead atoms. The van der Waals surface area contributed by atoms with E-state index in [1.807, 2.05) is 38.4 Å². The monoisotopic (exact) mass is 609 g/mol. The van der Waals surface area contributed by atoms with Gasteiger partial charge in [-0.2, -0.15) is 18.2 Å². The molecule has 1 heterocycles. The molecule has 186 valence electrons. The fourth-order valence-electron chi connectivity index (χ4n) is 3.28. The van der Waals surface area contributed by atoms with Crippen LogP contribution in [0.4, 0.5) is 24.9 Å². The first-order chi connectivity index (χ1) is 15.9. The molecule has 1 fully saturated rings. The number of carbonyl (C=O) groups excluding carboxylic acids is 1. The van der Waals surface area contributed by atoms with E-state index >= 15 is 0 Å². The van der Waals surface area contributed by atoms with E-state index < -0.39 is 12.1 Å². The molecule has 8 nitrogen and oxygen atoms in total. The lowest BCUT2D eigenvalue weighted by molar-refractivity contribution is -0.192. The van der Waals surface area contributed by atoms with Gasteiger partial charge in [0.15, 0.2) is 0 Å². The van der Waals surface area contributed by atoms with Crippen LogP contribution in [0.3, 0.4) is 0 Å². The van der Waals surface area contributed by atoms with Crippen LogP contribution < -0.4 is 16.0 Å². The number of aryl methyl sites for hydroxylation is 1. The molecule has 0 aliphatic heterocycles. The summed E-state index contributed by atoms with van der Waals surface area (Å²) in [4.78, 5) is 30.3. The first-order valence-electron chi connectivity index (χ1n) is 10.2. The molecule has 34 heavy (non-hydrogen) atoms. The molecule has 2 aromatic rings. The van der Waals surface area contributed by atoms with Crippen LogP contribution in [0.1, 0.15) is 41.6 Å². The summed E-state index contributed by atoms with van der Waals surface area (Å²) in [6, 6.07) is 6.11. The number of anilines is 2. The number of amides is 1. The lowest BCUT2D eigenvalue weighted by Crippen LogP contribution is -2.40. The van der Waals surface area contributed by atoms with Gasteiger partial charge in [-0.25, -0.2) is 9.78 Å². The molecule has 1 amide bonds. The molecule has 4 N–H and O–H groups in total. The number of benzene rings is 1. The van der Waals surface area contributed by atoms with E-state index in [1.165, 1.54) is 0 Å². The summed E-state index contributed by atoms with van der Waals surface area (Å²) in [6.07, 6.45) is 0.550. The van der Waals surface area contributed by atoms with E-state index in [-0.39, 0.29) is 11.9 Å². The van der Waals surface area contributed by atoms with Crippen LogP contribution in [0.2, 0.25) is 0 Å². The maximum atomic E-state index is 12.5. The Morgan fingerprint density at radius 1 is 1.06 bits per heavy atom. The zero-order valence-corrected chi connectivity index (χ0v) is 21.5. The average Bonchev–Trinajstić information content (AvgIpc) is 2.75. The third-order valence-corrected chi connectivity index (χ3v) is 5.89. The molecule has 1 saturated carbocycles. The van der Waals surface area contributed by atoms with E-state index in [1.54, 1.807) is 0 Å². The van der Waals surface area contributed by atoms with Gasteiger partial charge in [0.05, 0.1) is 0 Å². The number of nitrogens with zero attached hydrogens (tertiary/aromatic N) is 2. The number of rotatable bonds is 5. The number of halogens is 5. The van der Waals surface area contributed by atoms with Crippen molar-refractivity contribution in [2.45, 2.75) is 50.9 Å². The highest BCUT2D eigenvalue weighted by Gasteiger charge is 2.38. The highest BCUT2D eigenvalue weighted by molar-refractivity contribution is 9.11. The summed E-state index contributed by atoms with van der Waals surface area (Å²) < 4.78 is 33.5. The Morgan fingerprint density at radius 2 is 1.59 bits per heavy atom. The molecule has 1 aromatic heterocycles. The van der Waals surface area contributed by atoms with Crippen molar-refractivity contribution < 1.29 is 27.9 Å². The third kappa shape index (κ3) is 8.75. The van der Waals surface area contributed by atoms with Crippen LogP contribution >= 0.6 is 31.9 Å². The van der Waals surface area contributed by atoms with Gasteiger partial charge >= 0.3 is 12.1 Å². The molecule has 0 radical (unpaired) electrons. The first kappa shape index (κ1) is 27.8. The normalized spacial score (nSPS) is 17.7. The van der Waals surface area contributed by atoms with Crippen molar-refractivity contribution in [3.63, 3.8) is 0 Å². The molecular weight excluding hydrogens is 587 g/mol. The minimum absolute atomic E-state index is 0.0334. The van der Waals surface area contributed by atoms with Crippen molar-refractivity contribution >= 4 is 55.5 Å². The summed E-state index contributed by atoms with van der Waals surface area (Å²) in [7, 11) is 1.86. The van der Waals surface area contributed by atoms with Crippen LogP contribution in [0, 0.1) is 6.92 Å². The van der Waals surface area contributed by atoms with Crippen molar-refractivity contribution in [3.8, 4) is 0 Å². The van der Waals surface area contributed by atoms with Gasteiger partial charge in [-0.05, 0) is 50.8 Å². The molecule has 13 heteroatoms. The number of carboxylic acids is 1. The van der Waals surface area contributed by atoms with Gasteiger partial charge in [0, 0.05) is 45.4 Å². The number of nitrogens with one attached hydrogen (secondary N) is 3. The Kier molecular flexibility index (Phi) is 10.1. The Labute approximate surface area is 211 Å². The molecule has 1 aliphatic carbocycles. The molecular formula is C21H24Br2F3N5O3. The van der Waals surface area contributed by atoms with Gasteiger partial charge in [0.1, 0.15) is 5.82 Å². The van der Waals surface area contributed by atoms with Gasteiger partial charge in [0.2, 0.25) is 5.95 Å². The average molecular weight is 611 g/mol. The zero-order chi connectivity index (χ0) is 25.5. The highest BCUT2D eigenvalue weighted by atomic mass is 79.9. The molecule has 1 aromatic carbocycles. The number of alkyl halides is 3. The minimum atomic E-state index is -5.08. The van der Waals surface area contributed by atoms with E-state index in [2.05, 4.69) is 57.8 Å². The van der Waals surface area contributed by atoms with Crippen molar-refractivity contribution in [2.75, 3.05) is 17.7 Å². The number of hydrogen-bond donors (Lipinski definition) is 4. The van der Waals surface area contributed by atoms with Crippen molar-refractivity contribution in [3.05, 3.63) is 44.5 Å². The van der Waals surface area contributed by atoms with Crippen molar-refractivity contribution in [2.24, 2.45) is 0 Å². The van der Waals surface area contributed by atoms with Crippen LogP contribution in [0.5, 0.6) is 0 Å². The van der Waals surface area contributed by atoms with Gasteiger partial charge in [-0.15, -0.1) is 0 Å². The lowest BCUT2D eigenvalue weighted by atomic mass is 9.91. The second-order valence-electron chi connectivity index (χ2n) is 7.60. The van der Waals surface area contributed by atoms with Gasteiger partial charge < -0.3 is 21.1 Å². The second-order valence-corrected chi connectivity index (χ2v) is 9.43.